The molecule has 0 aliphatic carbocycles. The topological polar surface area (TPSA) is 18.5 Å². The minimum atomic E-state index is -1.60. The van der Waals surface area contributed by atoms with Crippen LogP contribution in [0.2, 0.25) is 26.2 Å². The van der Waals surface area contributed by atoms with Gasteiger partial charge in [-0.15, -0.1) is 13.2 Å². The maximum absolute atomic E-state index is 5.74. The summed E-state index contributed by atoms with van der Waals surface area (Å²) in [4.78, 5) is 0. The quantitative estimate of drug-likeness (QED) is 0.651. The van der Waals surface area contributed by atoms with Crippen molar-refractivity contribution in [2.45, 2.75) is 26.2 Å². The van der Waals surface area contributed by atoms with Gasteiger partial charge in [0.05, 0.1) is 0 Å². The molecule has 0 aromatic rings. The molecule has 0 bridgehead atoms. The largest absolute Gasteiger partial charge is 0.437 e. The van der Waals surface area contributed by atoms with Crippen molar-refractivity contribution in [3.8, 4) is 0 Å². The highest BCUT2D eigenvalue weighted by molar-refractivity contribution is 6.82. The lowest BCUT2D eigenvalue weighted by Crippen LogP contribution is -2.36. The maximum Gasteiger partial charge on any atom is 0.284 e. The van der Waals surface area contributed by atoms with E-state index >= 15 is 0 Å². The Morgan fingerprint density at radius 1 is 0.923 bits per heavy atom. The van der Waals surface area contributed by atoms with Crippen LogP contribution in [0.1, 0.15) is 0 Å². The predicted molar refractivity (Wildman–Crippen MR) is 66.1 cm³/mol. The lowest BCUT2D eigenvalue weighted by Gasteiger charge is -2.23. The summed E-state index contributed by atoms with van der Waals surface area (Å²) in [5, 5.41) is 0. The van der Waals surface area contributed by atoms with Crippen molar-refractivity contribution in [2.75, 3.05) is 0 Å². The minimum Gasteiger partial charge on any atom is -0.437 e. The molecular formula is C8H20O2Si3. The van der Waals surface area contributed by atoms with Gasteiger partial charge in [-0.1, -0.05) is 11.4 Å². The molecule has 0 atom stereocenters. The fraction of sp³-hybridized carbons (Fsp3) is 0.500. The van der Waals surface area contributed by atoms with E-state index < -0.39 is 26.6 Å². The van der Waals surface area contributed by atoms with Crippen molar-refractivity contribution < 1.29 is 8.23 Å². The van der Waals surface area contributed by atoms with E-state index in [4.69, 9.17) is 8.23 Å². The zero-order valence-electron chi connectivity index (χ0n) is 9.09. The second-order valence-electron chi connectivity index (χ2n) is 4.02. The third-order valence-electron chi connectivity index (χ3n) is 1.85. The molecule has 0 aliphatic heterocycles. The fourth-order valence-electron chi connectivity index (χ4n) is 0.451. The Morgan fingerprint density at radius 2 is 1.23 bits per heavy atom. The Labute approximate surface area is 86.0 Å². The standard InChI is InChI=1S/C8H20O2Si3/c1-7-12(3,4)9-11-10-13(5,6)8-2/h7-8H,1-2,11H2,3-6H3. The maximum atomic E-state index is 5.74. The monoisotopic (exact) mass is 232 g/mol. The Kier molecular flexibility index (Phi) is 5.08. The Bertz CT molecular complexity index is 170. The van der Waals surface area contributed by atoms with Gasteiger partial charge in [-0.3, -0.25) is 0 Å². The molecule has 0 rings (SSSR count). The number of hydrogen-bond acceptors (Lipinski definition) is 2. The number of hydrogen-bond donors (Lipinski definition) is 0. The van der Waals surface area contributed by atoms with E-state index in [9.17, 15) is 0 Å². The first kappa shape index (κ1) is 13.1. The Balaban J connectivity index is 3.80. The lowest BCUT2D eigenvalue weighted by molar-refractivity contribution is 0.462. The van der Waals surface area contributed by atoms with E-state index in [0.29, 0.717) is 0 Å². The summed E-state index contributed by atoms with van der Waals surface area (Å²) in [5.41, 5.74) is 3.87. The van der Waals surface area contributed by atoms with Crippen LogP contribution in [0, 0.1) is 0 Å². The summed E-state index contributed by atoms with van der Waals surface area (Å²) in [6.45, 7) is 16.0. The molecule has 0 amide bonds. The van der Waals surface area contributed by atoms with E-state index in [0.717, 1.165) is 0 Å². The molecule has 0 N–H and O–H groups in total. The molecule has 0 aromatic heterocycles. The van der Waals surface area contributed by atoms with Gasteiger partial charge in [0, 0.05) is 0 Å². The van der Waals surface area contributed by atoms with Crippen molar-refractivity contribution in [3.63, 3.8) is 0 Å². The van der Waals surface area contributed by atoms with E-state index in [-0.39, 0.29) is 0 Å². The molecule has 2 nitrogen and oxygen atoms in total. The molecule has 0 spiro atoms. The van der Waals surface area contributed by atoms with Gasteiger partial charge in [-0.2, -0.15) is 0 Å². The summed E-state index contributed by atoms with van der Waals surface area (Å²) in [5.74, 6) is 0. The van der Waals surface area contributed by atoms with E-state index in [2.05, 4.69) is 39.3 Å². The predicted octanol–water partition coefficient (Wildman–Crippen LogP) is 1.88. The van der Waals surface area contributed by atoms with Gasteiger partial charge >= 0.3 is 0 Å². The summed E-state index contributed by atoms with van der Waals surface area (Å²) in [7, 11) is -4.04. The van der Waals surface area contributed by atoms with E-state index in [1.165, 1.54) is 0 Å². The van der Waals surface area contributed by atoms with Crippen molar-refractivity contribution >= 4 is 26.6 Å². The average molecular weight is 233 g/mol. The highest BCUT2D eigenvalue weighted by atomic mass is 28.4. The van der Waals surface area contributed by atoms with Gasteiger partial charge < -0.3 is 8.23 Å². The van der Waals surface area contributed by atoms with Crippen molar-refractivity contribution in [1.82, 2.24) is 0 Å². The molecule has 0 fully saturated rings. The van der Waals surface area contributed by atoms with Crippen molar-refractivity contribution in [1.29, 1.82) is 0 Å². The third kappa shape index (κ3) is 6.17. The van der Waals surface area contributed by atoms with Crippen LogP contribution in [-0.2, 0) is 8.23 Å². The Hall–Kier alpha value is 0.0506. The molecule has 0 saturated carbocycles. The van der Waals surface area contributed by atoms with Gasteiger partial charge in [-0.25, -0.2) is 0 Å². The summed E-state index contributed by atoms with van der Waals surface area (Å²) >= 11 is 0. The molecule has 0 aromatic carbocycles. The van der Waals surface area contributed by atoms with Crippen LogP contribution >= 0.6 is 0 Å². The first-order valence-electron chi connectivity index (χ1n) is 4.38. The van der Waals surface area contributed by atoms with Crippen molar-refractivity contribution in [2.24, 2.45) is 0 Å². The molecule has 0 heterocycles. The van der Waals surface area contributed by atoms with Gasteiger partial charge in [0.2, 0.25) is 0 Å². The van der Waals surface area contributed by atoms with E-state index in [1.54, 1.807) is 0 Å². The van der Waals surface area contributed by atoms with Crippen LogP contribution in [0.25, 0.3) is 0 Å². The smallest absolute Gasteiger partial charge is 0.284 e. The van der Waals surface area contributed by atoms with Gasteiger partial charge in [-0.05, 0) is 26.2 Å². The molecule has 76 valence electrons. The Morgan fingerprint density at radius 3 is 1.46 bits per heavy atom. The highest BCUT2D eigenvalue weighted by Gasteiger charge is 2.21. The van der Waals surface area contributed by atoms with Crippen LogP contribution in [0.4, 0.5) is 0 Å². The first-order valence-corrected chi connectivity index (χ1v) is 11.5. The molecule has 13 heavy (non-hydrogen) atoms. The third-order valence-corrected chi connectivity index (χ3v) is 10.7. The first-order chi connectivity index (χ1) is 5.83. The van der Waals surface area contributed by atoms with Crippen molar-refractivity contribution in [3.05, 3.63) is 24.6 Å². The average Bonchev–Trinajstić information content (AvgIpc) is 2.04. The highest BCUT2D eigenvalue weighted by Crippen LogP contribution is 2.07. The van der Waals surface area contributed by atoms with Gasteiger partial charge in [0.25, 0.3) is 10.0 Å². The molecule has 5 heteroatoms. The summed E-state index contributed by atoms with van der Waals surface area (Å²) in [6.07, 6.45) is 0. The molecule has 0 saturated heterocycles. The van der Waals surface area contributed by atoms with Crippen LogP contribution in [0.15, 0.2) is 24.6 Å². The van der Waals surface area contributed by atoms with Crippen LogP contribution in [0.5, 0.6) is 0 Å². The fourth-order valence-corrected chi connectivity index (χ4v) is 4.59. The molecular weight excluding hydrogens is 212 g/mol. The molecule has 0 aliphatic rings. The SMILES string of the molecule is C=C[Si](C)(C)O[SiH2]O[Si](C)(C)C=C. The lowest BCUT2D eigenvalue weighted by atomic mass is 11.3. The second kappa shape index (κ2) is 5.06. The van der Waals surface area contributed by atoms with Crippen LogP contribution in [-0.4, -0.2) is 26.6 Å². The summed E-state index contributed by atoms with van der Waals surface area (Å²) in [6, 6.07) is 0. The minimum absolute atomic E-state index is 0.838. The summed E-state index contributed by atoms with van der Waals surface area (Å²) < 4.78 is 11.5. The molecule has 0 unspecified atom stereocenters. The van der Waals surface area contributed by atoms with Gasteiger partial charge in [0.1, 0.15) is 0 Å². The number of rotatable bonds is 6. The van der Waals surface area contributed by atoms with Gasteiger partial charge in [0.15, 0.2) is 16.6 Å². The normalized spacial score (nSPS) is 12.6. The van der Waals surface area contributed by atoms with E-state index in [1.807, 2.05) is 11.4 Å². The van der Waals surface area contributed by atoms with Crippen LogP contribution < -0.4 is 0 Å². The zero-order chi connectivity index (χ0) is 10.5. The second-order valence-corrected chi connectivity index (χ2v) is 13.8. The molecule has 0 radical (unpaired) electrons. The zero-order valence-corrected chi connectivity index (χ0v) is 12.5. The van der Waals surface area contributed by atoms with Crippen LogP contribution in [0.3, 0.4) is 0 Å².